The molecular formula is C16H14O8. The third kappa shape index (κ3) is 2.32. The average Bonchev–Trinajstić information content (AvgIpc) is 2.54. The average molecular weight is 334 g/mol. The van der Waals surface area contributed by atoms with Crippen molar-refractivity contribution in [1.82, 2.24) is 0 Å². The lowest BCUT2D eigenvalue weighted by Gasteiger charge is -2.38. The molecule has 126 valence electrons. The van der Waals surface area contributed by atoms with Crippen molar-refractivity contribution in [2.45, 2.75) is 12.8 Å². The van der Waals surface area contributed by atoms with E-state index in [4.69, 9.17) is 0 Å². The maximum Gasteiger partial charge on any atom is 0.325 e. The topological polar surface area (TPSA) is 149 Å². The Labute approximate surface area is 135 Å². The number of carboxylic acids is 4. The van der Waals surface area contributed by atoms with E-state index < -0.39 is 47.5 Å². The van der Waals surface area contributed by atoms with Gasteiger partial charge >= 0.3 is 23.9 Å². The quantitative estimate of drug-likeness (QED) is 0.586. The van der Waals surface area contributed by atoms with E-state index in [2.05, 4.69) is 0 Å². The van der Waals surface area contributed by atoms with Crippen LogP contribution in [0.25, 0.3) is 5.57 Å². The molecular weight excluding hydrogens is 320 g/mol. The van der Waals surface area contributed by atoms with Crippen LogP contribution >= 0.6 is 0 Å². The highest BCUT2D eigenvalue weighted by atomic mass is 16.4. The molecule has 2 rings (SSSR count). The molecule has 0 fully saturated rings. The highest BCUT2D eigenvalue weighted by Crippen LogP contribution is 2.51. The molecule has 4 N–H and O–H groups in total. The lowest BCUT2D eigenvalue weighted by Crippen LogP contribution is -2.52. The van der Waals surface area contributed by atoms with Crippen LogP contribution in [-0.2, 0) is 19.2 Å². The number of hydrogen-bond donors (Lipinski definition) is 4. The van der Waals surface area contributed by atoms with Crippen molar-refractivity contribution in [2.75, 3.05) is 0 Å². The largest absolute Gasteiger partial charge is 0.480 e. The van der Waals surface area contributed by atoms with Crippen molar-refractivity contribution >= 4 is 29.5 Å². The van der Waals surface area contributed by atoms with Gasteiger partial charge in [0.25, 0.3) is 0 Å². The van der Waals surface area contributed by atoms with Gasteiger partial charge in [0, 0.05) is 6.42 Å². The van der Waals surface area contributed by atoms with Gasteiger partial charge in [0.15, 0.2) is 10.8 Å². The van der Waals surface area contributed by atoms with Crippen molar-refractivity contribution in [3.05, 3.63) is 42.0 Å². The Morgan fingerprint density at radius 3 is 1.71 bits per heavy atom. The summed E-state index contributed by atoms with van der Waals surface area (Å²) in [7, 11) is 0. The Morgan fingerprint density at radius 1 is 0.792 bits per heavy atom. The highest BCUT2D eigenvalue weighted by molar-refractivity contribution is 6.13. The Bertz CT molecular complexity index is 719. The molecule has 8 heteroatoms. The summed E-state index contributed by atoms with van der Waals surface area (Å²) < 4.78 is 0. The van der Waals surface area contributed by atoms with Crippen LogP contribution in [0.2, 0.25) is 0 Å². The van der Waals surface area contributed by atoms with Crippen LogP contribution in [0.5, 0.6) is 0 Å². The number of carbonyl (C=O) groups is 4. The smallest absolute Gasteiger partial charge is 0.325 e. The van der Waals surface area contributed by atoms with Gasteiger partial charge < -0.3 is 20.4 Å². The van der Waals surface area contributed by atoms with Crippen LogP contribution < -0.4 is 0 Å². The number of carboxylic acid groups (broad SMARTS) is 4. The minimum absolute atomic E-state index is 0.124. The molecule has 0 aromatic heterocycles. The van der Waals surface area contributed by atoms with E-state index in [0.717, 1.165) is 6.08 Å². The molecule has 24 heavy (non-hydrogen) atoms. The van der Waals surface area contributed by atoms with Crippen LogP contribution in [0, 0.1) is 10.8 Å². The second-order valence-corrected chi connectivity index (χ2v) is 5.57. The van der Waals surface area contributed by atoms with E-state index >= 15 is 0 Å². The summed E-state index contributed by atoms with van der Waals surface area (Å²) in [5, 5.41) is 37.8. The first-order valence-corrected chi connectivity index (χ1v) is 6.88. The summed E-state index contributed by atoms with van der Waals surface area (Å²) in [6.45, 7) is 0. The molecule has 0 spiro atoms. The zero-order valence-corrected chi connectivity index (χ0v) is 12.3. The third-order valence-corrected chi connectivity index (χ3v) is 4.32. The van der Waals surface area contributed by atoms with Crippen molar-refractivity contribution in [3.8, 4) is 0 Å². The first kappa shape index (κ1) is 17.2. The number of allylic oxidation sites excluding steroid dienone is 1. The van der Waals surface area contributed by atoms with Gasteiger partial charge in [-0.3, -0.25) is 19.2 Å². The van der Waals surface area contributed by atoms with E-state index in [9.17, 15) is 39.6 Å². The third-order valence-electron chi connectivity index (χ3n) is 4.32. The van der Waals surface area contributed by atoms with Gasteiger partial charge in [0.2, 0.25) is 0 Å². The molecule has 1 aliphatic carbocycles. The normalized spacial score (nSPS) is 18.2. The Morgan fingerprint density at radius 2 is 1.29 bits per heavy atom. The molecule has 0 saturated carbocycles. The number of aliphatic carboxylic acids is 4. The number of hydrogen-bond acceptors (Lipinski definition) is 4. The zero-order chi connectivity index (χ0) is 18.1. The molecule has 8 nitrogen and oxygen atoms in total. The summed E-state index contributed by atoms with van der Waals surface area (Å²) >= 11 is 0. The van der Waals surface area contributed by atoms with Crippen molar-refractivity contribution in [1.29, 1.82) is 0 Å². The SMILES string of the molecule is O=C(O)C1(C(=O)O)CC=C(c2ccccc2)C(C(=O)O)(C(=O)O)C1. The minimum atomic E-state index is -2.67. The van der Waals surface area contributed by atoms with Crippen LogP contribution in [0.1, 0.15) is 18.4 Å². The van der Waals surface area contributed by atoms with Crippen LogP contribution in [-0.4, -0.2) is 44.3 Å². The molecule has 0 radical (unpaired) electrons. The maximum atomic E-state index is 11.8. The molecule has 0 atom stereocenters. The Kier molecular flexibility index (Phi) is 4.16. The molecule has 1 aliphatic rings. The molecule has 0 unspecified atom stereocenters. The van der Waals surface area contributed by atoms with Crippen molar-refractivity contribution < 1.29 is 39.6 Å². The van der Waals surface area contributed by atoms with Gasteiger partial charge in [-0.15, -0.1) is 0 Å². The lowest BCUT2D eigenvalue weighted by atomic mass is 9.60. The van der Waals surface area contributed by atoms with E-state index in [-0.39, 0.29) is 11.1 Å². The molecule has 1 aromatic carbocycles. The van der Waals surface area contributed by atoms with Gasteiger partial charge in [0.1, 0.15) is 0 Å². The molecule has 1 aromatic rings. The van der Waals surface area contributed by atoms with Gasteiger partial charge in [-0.25, -0.2) is 0 Å². The van der Waals surface area contributed by atoms with Gasteiger partial charge in [0.05, 0.1) is 0 Å². The Hall–Kier alpha value is -3.16. The zero-order valence-electron chi connectivity index (χ0n) is 12.3. The fourth-order valence-corrected chi connectivity index (χ4v) is 2.94. The first-order valence-electron chi connectivity index (χ1n) is 6.88. The monoisotopic (exact) mass is 334 g/mol. The molecule has 0 bridgehead atoms. The van der Waals surface area contributed by atoms with Gasteiger partial charge in [-0.05, 0) is 17.6 Å². The van der Waals surface area contributed by atoms with Crippen molar-refractivity contribution in [3.63, 3.8) is 0 Å². The van der Waals surface area contributed by atoms with Gasteiger partial charge in [-0.2, -0.15) is 0 Å². The highest BCUT2D eigenvalue weighted by Gasteiger charge is 2.62. The number of benzene rings is 1. The Balaban J connectivity index is 2.77. The van der Waals surface area contributed by atoms with Crippen LogP contribution in [0.15, 0.2) is 36.4 Å². The van der Waals surface area contributed by atoms with E-state index in [1.54, 1.807) is 18.2 Å². The summed E-state index contributed by atoms with van der Waals surface area (Å²) in [6, 6.07) is 7.76. The maximum absolute atomic E-state index is 11.8. The summed E-state index contributed by atoms with van der Waals surface area (Å²) in [5.74, 6) is -7.16. The predicted octanol–water partition coefficient (Wildman–Crippen LogP) is 1.18. The van der Waals surface area contributed by atoms with Crippen LogP contribution in [0.3, 0.4) is 0 Å². The molecule has 0 aliphatic heterocycles. The molecule has 0 heterocycles. The fourth-order valence-electron chi connectivity index (χ4n) is 2.94. The lowest BCUT2D eigenvalue weighted by molar-refractivity contribution is -0.172. The van der Waals surface area contributed by atoms with E-state index in [1.807, 2.05) is 0 Å². The predicted molar refractivity (Wildman–Crippen MR) is 79.1 cm³/mol. The number of rotatable bonds is 5. The minimum Gasteiger partial charge on any atom is -0.480 e. The van der Waals surface area contributed by atoms with Gasteiger partial charge in [-0.1, -0.05) is 36.4 Å². The standard InChI is InChI=1S/C16H14O8/c17-11(18)15(12(19)20)7-6-10(9-4-2-1-3-5-9)16(8-15,13(21)22)14(23)24/h1-6H,7-8H2,(H,17,18)(H,19,20)(H,21,22)(H,23,24). The second-order valence-electron chi connectivity index (χ2n) is 5.57. The summed E-state index contributed by atoms with van der Waals surface area (Å²) in [5.41, 5.74) is -5.03. The van der Waals surface area contributed by atoms with Crippen molar-refractivity contribution in [2.24, 2.45) is 10.8 Å². The molecule has 0 saturated heterocycles. The van der Waals surface area contributed by atoms with E-state index in [0.29, 0.717) is 0 Å². The first-order chi connectivity index (χ1) is 11.2. The fraction of sp³-hybridized carbons (Fsp3) is 0.250. The van der Waals surface area contributed by atoms with Crippen LogP contribution in [0.4, 0.5) is 0 Å². The summed E-state index contributed by atoms with van der Waals surface area (Å²) in [4.78, 5) is 46.6. The summed E-state index contributed by atoms with van der Waals surface area (Å²) in [6.07, 6.45) is -0.510. The molecule has 0 amide bonds. The van der Waals surface area contributed by atoms with E-state index in [1.165, 1.54) is 12.1 Å². The second kappa shape index (κ2) is 5.80.